The molecule has 0 unspecified atom stereocenters. The Bertz CT molecular complexity index is 313. The van der Waals surface area contributed by atoms with E-state index in [1.54, 1.807) is 0 Å². The summed E-state index contributed by atoms with van der Waals surface area (Å²) in [7, 11) is 0. The largest absolute Gasteiger partial charge is 0.478 e. The van der Waals surface area contributed by atoms with Gasteiger partial charge in [-0.25, -0.2) is 9.59 Å². The van der Waals surface area contributed by atoms with Crippen molar-refractivity contribution in [3.05, 3.63) is 11.6 Å². The van der Waals surface area contributed by atoms with Crippen molar-refractivity contribution in [2.45, 2.75) is 77.6 Å². The van der Waals surface area contributed by atoms with Gasteiger partial charge in [-0.15, -0.1) is 0 Å². The quantitative estimate of drug-likeness (QED) is 0.306. The molecule has 0 bridgehead atoms. The molecule has 0 spiro atoms. The number of unbranched alkanes of at least 4 members (excludes halogenated alkanes) is 9. The summed E-state index contributed by atoms with van der Waals surface area (Å²) in [6.45, 7) is 2.21. The maximum Gasteiger partial charge on any atom is 0.331 e. The van der Waals surface area contributed by atoms with E-state index in [0.29, 0.717) is 6.42 Å². The van der Waals surface area contributed by atoms with Gasteiger partial charge in [-0.2, -0.15) is 0 Å². The molecule has 0 aromatic carbocycles. The average molecular weight is 307 g/mol. The smallest absolute Gasteiger partial charge is 0.331 e. The molecule has 0 saturated heterocycles. The molecular weight excluding hydrogens is 279 g/mol. The van der Waals surface area contributed by atoms with Gasteiger partial charge in [0.2, 0.25) is 0 Å². The molecule has 0 saturated carbocycles. The molecule has 0 amide bonds. The van der Waals surface area contributed by atoms with Crippen LogP contribution < -0.4 is 0 Å². The Morgan fingerprint density at radius 3 is 1.62 bits per heavy atom. The Morgan fingerprint density at radius 2 is 1.24 bits per heavy atom. The third-order valence-corrected chi connectivity index (χ3v) is 3.37. The van der Waals surface area contributed by atoms with E-state index in [-0.39, 0.29) is 35.1 Å². The summed E-state index contributed by atoms with van der Waals surface area (Å²) in [4.78, 5) is 21.3. The fraction of sp³-hybridized carbons (Fsp3) is 0.750. The van der Waals surface area contributed by atoms with Crippen LogP contribution in [-0.2, 0) is 9.59 Å². The van der Waals surface area contributed by atoms with E-state index in [9.17, 15) is 9.59 Å². The van der Waals surface area contributed by atoms with E-state index in [0.717, 1.165) is 25.3 Å². The first-order chi connectivity index (χ1) is 9.57. The van der Waals surface area contributed by atoms with Crippen molar-refractivity contribution in [3.8, 4) is 0 Å². The molecule has 0 aliphatic heterocycles. The van der Waals surface area contributed by atoms with Gasteiger partial charge in [0.15, 0.2) is 0 Å². The van der Waals surface area contributed by atoms with E-state index in [1.807, 2.05) is 0 Å². The summed E-state index contributed by atoms with van der Waals surface area (Å²) in [6.07, 6.45) is 13.0. The van der Waals surface area contributed by atoms with Crippen LogP contribution in [0.2, 0.25) is 0 Å². The average Bonchev–Trinajstić information content (AvgIpc) is 2.39. The van der Waals surface area contributed by atoms with Gasteiger partial charge in [-0.3, -0.25) is 0 Å². The van der Waals surface area contributed by atoms with Crippen molar-refractivity contribution in [3.63, 3.8) is 0 Å². The third-order valence-electron chi connectivity index (χ3n) is 3.37. The van der Waals surface area contributed by atoms with Gasteiger partial charge < -0.3 is 10.2 Å². The number of hydrogen-bond acceptors (Lipinski definition) is 2. The van der Waals surface area contributed by atoms with Crippen molar-refractivity contribution in [1.82, 2.24) is 0 Å². The van der Waals surface area contributed by atoms with E-state index in [2.05, 4.69) is 6.92 Å². The zero-order valence-electron chi connectivity index (χ0n) is 13.6. The van der Waals surface area contributed by atoms with Crippen molar-refractivity contribution in [2.24, 2.45) is 0 Å². The summed E-state index contributed by atoms with van der Waals surface area (Å²) in [5.74, 6) is -2.31. The normalized spacial score (nSPS) is 11.0. The predicted molar refractivity (Wildman–Crippen MR) is 85.6 cm³/mol. The Morgan fingerprint density at radius 1 is 0.810 bits per heavy atom. The molecular formula is C16H28NaO4. The van der Waals surface area contributed by atoms with Gasteiger partial charge in [0, 0.05) is 41.2 Å². The second-order valence-electron chi connectivity index (χ2n) is 5.24. The summed E-state index contributed by atoms with van der Waals surface area (Å²) in [5, 5.41) is 17.4. The molecule has 0 aromatic heterocycles. The van der Waals surface area contributed by atoms with Gasteiger partial charge in [-0.05, 0) is 12.8 Å². The minimum Gasteiger partial charge on any atom is -0.478 e. The first kappa shape index (κ1) is 23.0. The summed E-state index contributed by atoms with van der Waals surface area (Å²) < 4.78 is 0. The minimum atomic E-state index is -1.19. The number of carbonyl (C=O) groups is 2. The number of hydrogen-bond donors (Lipinski definition) is 2. The molecule has 5 heteroatoms. The van der Waals surface area contributed by atoms with Crippen LogP contribution in [0.25, 0.3) is 0 Å². The van der Waals surface area contributed by atoms with E-state index in [4.69, 9.17) is 10.2 Å². The van der Waals surface area contributed by atoms with Crippen molar-refractivity contribution >= 4 is 41.5 Å². The molecule has 1 radical (unpaired) electrons. The van der Waals surface area contributed by atoms with Gasteiger partial charge in [0.1, 0.15) is 0 Å². The molecule has 0 aromatic rings. The first-order valence-corrected chi connectivity index (χ1v) is 7.74. The molecule has 4 nitrogen and oxygen atoms in total. The molecule has 0 aliphatic carbocycles. The minimum absolute atomic E-state index is 0. The molecule has 21 heavy (non-hydrogen) atoms. The standard InChI is InChI=1S/C16H28O4.Na/c1-2-3-4-5-6-7-8-9-10-11-12-14(16(19)20)13-15(17)18;/h13H,2-12H2,1H3,(H,17,18)(H,19,20);. The zero-order chi connectivity index (χ0) is 15.2. The molecule has 0 rings (SSSR count). The van der Waals surface area contributed by atoms with Gasteiger partial charge in [0.05, 0.1) is 0 Å². The number of carboxylic acid groups (broad SMARTS) is 2. The Kier molecular flexibility index (Phi) is 17.6. The van der Waals surface area contributed by atoms with Gasteiger partial charge in [0.25, 0.3) is 0 Å². The molecule has 0 heterocycles. The van der Waals surface area contributed by atoms with E-state index >= 15 is 0 Å². The van der Waals surface area contributed by atoms with Crippen molar-refractivity contribution in [1.29, 1.82) is 0 Å². The Hall–Kier alpha value is -0.320. The molecule has 0 fully saturated rings. The van der Waals surface area contributed by atoms with E-state index in [1.165, 1.54) is 44.9 Å². The van der Waals surface area contributed by atoms with Crippen LogP contribution in [0.1, 0.15) is 77.6 Å². The monoisotopic (exact) mass is 307 g/mol. The van der Waals surface area contributed by atoms with Crippen LogP contribution in [-0.4, -0.2) is 51.7 Å². The van der Waals surface area contributed by atoms with E-state index < -0.39 is 11.9 Å². The second-order valence-corrected chi connectivity index (χ2v) is 5.24. The van der Waals surface area contributed by atoms with Crippen LogP contribution in [0.4, 0.5) is 0 Å². The van der Waals surface area contributed by atoms with Crippen LogP contribution in [0.5, 0.6) is 0 Å². The summed E-state index contributed by atoms with van der Waals surface area (Å²) in [6, 6.07) is 0. The fourth-order valence-electron chi connectivity index (χ4n) is 2.19. The third kappa shape index (κ3) is 15.9. The Balaban J connectivity index is 0. The van der Waals surface area contributed by atoms with Crippen molar-refractivity contribution in [2.75, 3.05) is 0 Å². The maximum atomic E-state index is 10.8. The zero-order valence-corrected chi connectivity index (χ0v) is 15.6. The molecule has 2 N–H and O–H groups in total. The summed E-state index contributed by atoms with van der Waals surface area (Å²) >= 11 is 0. The second kappa shape index (κ2) is 16.1. The Labute approximate surface area is 150 Å². The first-order valence-electron chi connectivity index (χ1n) is 7.74. The van der Waals surface area contributed by atoms with Gasteiger partial charge >= 0.3 is 11.9 Å². The number of rotatable bonds is 13. The summed E-state index contributed by atoms with van der Waals surface area (Å²) in [5.41, 5.74) is -0.00272. The predicted octanol–water partition coefficient (Wildman–Crippen LogP) is 4.01. The van der Waals surface area contributed by atoms with Gasteiger partial charge in [-0.1, -0.05) is 64.7 Å². The van der Waals surface area contributed by atoms with Crippen LogP contribution in [0.3, 0.4) is 0 Å². The topological polar surface area (TPSA) is 74.6 Å². The molecule has 0 aliphatic rings. The van der Waals surface area contributed by atoms with Crippen LogP contribution >= 0.6 is 0 Å². The molecule has 117 valence electrons. The SMILES string of the molecule is CCCCCCCCCCCCC(=CC(=O)O)C(=O)O.[Na]. The maximum absolute atomic E-state index is 10.8. The van der Waals surface area contributed by atoms with Crippen molar-refractivity contribution < 1.29 is 19.8 Å². The number of carboxylic acids is 2. The molecule has 0 atom stereocenters. The number of aliphatic carboxylic acids is 2. The van der Waals surface area contributed by atoms with Crippen LogP contribution in [0, 0.1) is 0 Å². The van der Waals surface area contributed by atoms with Crippen LogP contribution in [0.15, 0.2) is 11.6 Å². The fourth-order valence-corrected chi connectivity index (χ4v) is 2.19.